The molecule has 1 heterocycles. The summed E-state index contributed by atoms with van der Waals surface area (Å²) in [5.41, 5.74) is 1.08. The highest BCUT2D eigenvalue weighted by atomic mass is 32.2. The molecule has 0 N–H and O–H groups in total. The minimum atomic E-state index is -0.393. The Balaban J connectivity index is 1.82. The van der Waals surface area contributed by atoms with E-state index < -0.39 is 4.92 Å². The maximum atomic E-state index is 12.2. The molecule has 6 heteroatoms. The van der Waals surface area contributed by atoms with Crippen LogP contribution in [-0.2, 0) is 4.79 Å². The van der Waals surface area contributed by atoms with Gasteiger partial charge in [-0.2, -0.15) is 0 Å². The lowest BCUT2D eigenvalue weighted by atomic mass is 9.93. The Morgan fingerprint density at radius 3 is 2.43 bits per heavy atom. The van der Waals surface area contributed by atoms with Crippen LogP contribution < -0.4 is 0 Å². The first-order valence-electron chi connectivity index (χ1n) is 7.34. The number of hydrogen-bond acceptors (Lipinski definition) is 4. The molecule has 5 nitrogen and oxygen atoms in total. The lowest BCUT2D eigenvalue weighted by Gasteiger charge is -2.35. The van der Waals surface area contributed by atoms with E-state index >= 15 is 0 Å². The topological polar surface area (TPSA) is 63.4 Å². The molecule has 2 aliphatic rings. The number of rotatable bonds is 3. The Hall–Kier alpha value is -1.56. The zero-order valence-corrected chi connectivity index (χ0v) is 12.6. The number of amides is 1. The Labute approximate surface area is 127 Å². The molecule has 1 aliphatic heterocycles. The van der Waals surface area contributed by atoms with E-state index in [4.69, 9.17) is 0 Å². The van der Waals surface area contributed by atoms with Gasteiger partial charge >= 0.3 is 0 Å². The highest BCUT2D eigenvalue weighted by molar-refractivity contribution is 8.00. The SMILES string of the molecule is O=C1CS[C@H](c2ccc([N+](=O)[O-])cc2)N1C1CCCCC1. The molecule has 0 unspecified atom stereocenters. The van der Waals surface area contributed by atoms with Crippen molar-refractivity contribution < 1.29 is 9.72 Å². The van der Waals surface area contributed by atoms with Crippen molar-refractivity contribution in [1.29, 1.82) is 0 Å². The van der Waals surface area contributed by atoms with Crippen molar-refractivity contribution in [3.63, 3.8) is 0 Å². The second-order valence-electron chi connectivity index (χ2n) is 5.60. The zero-order valence-electron chi connectivity index (χ0n) is 11.7. The van der Waals surface area contributed by atoms with Crippen LogP contribution in [0.25, 0.3) is 0 Å². The summed E-state index contributed by atoms with van der Waals surface area (Å²) in [6.07, 6.45) is 5.79. The monoisotopic (exact) mass is 306 g/mol. The highest BCUT2D eigenvalue weighted by Gasteiger charge is 2.38. The first-order chi connectivity index (χ1) is 10.2. The maximum absolute atomic E-state index is 12.2. The second-order valence-corrected chi connectivity index (χ2v) is 6.67. The lowest BCUT2D eigenvalue weighted by molar-refractivity contribution is -0.384. The van der Waals surface area contributed by atoms with Gasteiger partial charge in [-0.1, -0.05) is 19.3 Å². The van der Waals surface area contributed by atoms with Gasteiger partial charge in [-0.15, -0.1) is 11.8 Å². The summed E-state index contributed by atoms with van der Waals surface area (Å²) in [7, 11) is 0. The molecule has 0 aromatic heterocycles. The van der Waals surface area contributed by atoms with Crippen LogP contribution in [0.2, 0.25) is 0 Å². The van der Waals surface area contributed by atoms with E-state index in [2.05, 4.69) is 0 Å². The predicted molar refractivity (Wildman–Crippen MR) is 82.0 cm³/mol. The fourth-order valence-electron chi connectivity index (χ4n) is 3.21. The van der Waals surface area contributed by atoms with E-state index in [1.54, 1.807) is 23.9 Å². The highest BCUT2D eigenvalue weighted by Crippen LogP contribution is 2.42. The first-order valence-corrected chi connectivity index (χ1v) is 8.39. The van der Waals surface area contributed by atoms with Crippen LogP contribution >= 0.6 is 11.8 Å². The average molecular weight is 306 g/mol. The molecule has 1 aliphatic carbocycles. The van der Waals surface area contributed by atoms with E-state index in [-0.39, 0.29) is 17.0 Å². The summed E-state index contributed by atoms with van der Waals surface area (Å²) in [6, 6.07) is 6.95. The predicted octanol–water partition coefficient (Wildman–Crippen LogP) is 3.50. The Morgan fingerprint density at radius 2 is 1.81 bits per heavy atom. The number of non-ortho nitro benzene ring substituents is 1. The van der Waals surface area contributed by atoms with Crippen LogP contribution in [0.5, 0.6) is 0 Å². The molecule has 1 amide bonds. The van der Waals surface area contributed by atoms with Gasteiger partial charge in [0.15, 0.2) is 0 Å². The third-order valence-corrected chi connectivity index (χ3v) is 5.49. The zero-order chi connectivity index (χ0) is 14.8. The molecule has 2 fully saturated rings. The molecular weight excluding hydrogens is 288 g/mol. The molecule has 0 bridgehead atoms. The smallest absolute Gasteiger partial charge is 0.269 e. The van der Waals surface area contributed by atoms with E-state index in [1.165, 1.54) is 31.4 Å². The van der Waals surface area contributed by atoms with Gasteiger partial charge in [0.05, 0.1) is 10.7 Å². The summed E-state index contributed by atoms with van der Waals surface area (Å²) in [4.78, 5) is 24.6. The van der Waals surface area contributed by atoms with E-state index in [1.807, 2.05) is 4.90 Å². The Morgan fingerprint density at radius 1 is 1.14 bits per heavy atom. The van der Waals surface area contributed by atoms with Gasteiger partial charge in [0.1, 0.15) is 5.37 Å². The molecule has 0 spiro atoms. The number of nitrogens with zero attached hydrogens (tertiary/aromatic N) is 2. The normalized spacial score (nSPS) is 23.5. The fraction of sp³-hybridized carbons (Fsp3) is 0.533. The van der Waals surface area contributed by atoms with E-state index in [0.717, 1.165) is 18.4 Å². The molecule has 3 rings (SSSR count). The van der Waals surface area contributed by atoms with Crippen molar-refractivity contribution in [3.8, 4) is 0 Å². The number of hydrogen-bond donors (Lipinski definition) is 0. The van der Waals surface area contributed by atoms with Crippen LogP contribution in [0.15, 0.2) is 24.3 Å². The van der Waals surface area contributed by atoms with Gasteiger partial charge in [-0.05, 0) is 30.5 Å². The summed E-state index contributed by atoms with van der Waals surface area (Å²) in [6.45, 7) is 0. The van der Waals surface area contributed by atoms with Gasteiger partial charge < -0.3 is 4.90 Å². The number of nitro benzene ring substituents is 1. The van der Waals surface area contributed by atoms with Gasteiger partial charge in [0.2, 0.25) is 5.91 Å². The number of nitro groups is 1. The summed E-state index contributed by atoms with van der Waals surface area (Å²) in [5.74, 6) is 0.716. The van der Waals surface area contributed by atoms with Crippen molar-refractivity contribution in [2.75, 3.05) is 5.75 Å². The van der Waals surface area contributed by atoms with Gasteiger partial charge in [0.25, 0.3) is 5.69 Å². The summed E-state index contributed by atoms with van der Waals surface area (Å²) >= 11 is 1.63. The minimum Gasteiger partial charge on any atom is -0.323 e. The van der Waals surface area contributed by atoms with Crippen LogP contribution in [0.1, 0.15) is 43.0 Å². The second kappa shape index (κ2) is 6.05. The molecule has 0 radical (unpaired) electrons. The molecule has 1 atom stereocenters. The summed E-state index contributed by atoms with van der Waals surface area (Å²) < 4.78 is 0. The Kier molecular flexibility index (Phi) is 4.14. The van der Waals surface area contributed by atoms with Gasteiger partial charge in [0, 0.05) is 18.2 Å². The third-order valence-electron chi connectivity index (χ3n) is 4.26. The van der Waals surface area contributed by atoms with Crippen LogP contribution in [0, 0.1) is 10.1 Å². The largest absolute Gasteiger partial charge is 0.323 e. The molecule has 21 heavy (non-hydrogen) atoms. The molecular formula is C15H18N2O3S. The first kappa shape index (κ1) is 14.4. The molecule has 1 aromatic rings. The number of carbonyl (C=O) groups excluding carboxylic acids is 1. The van der Waals surface area contributed by atoms with Gasteiger partial charge in [-0.3, -0.25) is 14.9 Å². The number of carbonyl (C=O) groups is 1. The summed E-state index contributed by atoms with van der Waals surface area (Å²) in [5, 5.41) is 10.7. The maximum Gasteiger partial charge on any atom is 0.269 e. The van der Waals surface area contributed by atoms with Crippen LogP contribution in [-0.4, -0.2) is 27.5 Å². The van der Waals surface area contributed by atoms with Crippen molar-refractivity contribution >= 4 is 23.4 Å². The van der Waals surface area contributed by atoms with E-state index in [0.29, 0.717) is 11.8 Å². The van der Waals surface area contributed by atoms with Crippen molar-refractivity contribution in [1.82, 2.24) is 4.90 Å². The molecule has 112 valence electrons. The van der Waals surface area contributed by atoms with Crippen LogP contribution in [0.4, 0.5) is 5.69 Å². The quantitative estimate of drug-likeness (QED) is 0.633. The molecule has 1 saturated carbocycles. The average Bonchev–Trinajstić information content (AvgIpc) is 2.90. The van der Waals surface area contributed by atoms with Crippen LogP contribution in [0.3, 0.4) is 0 Å². The van der Waals surface area contributed by atoms with E-state index in [9.17, 15) is 14.9 Å². The van der Waals surface area contributed by atoms with Crippen molar-refractivity contribution in [2.45, 2.75) is 43.5 Å². The standard InChI is InChI=1S/C15H18N2O3S/c18-14-10-21-15(16(14)12-4-2-1-3-5-12)11-6-8-13(9-7-11)17(19)20/h6-9,12,15H,1-5,10H2/t15-/m1/s1. The molecule has 1 aromatic carbocycles. The van der Waals surface area contributed by atoms with Gasteiger partial charge in [-0.25, -0.2) is 0 Å². The van der Waals surface area contributed by atoms with Crippen molar-refractivity contribution in [3.05, 3.63) is 39.9 Å². The third kappa shape index (κ3) is 2.90. The Bertz CT molecular complexity index is 540. The minimum absolute atomic E-state index is 0.0152. The number of benzene rings is 1. The fourth-order valence-corrected chi connectivity index (χ4v) is 4.46. The van der Waals surface area contributed by atoms with Crippen molar-refractivity contribution in [2.24, 2.45) is 0 Å². The lowest BCUT2D eigenvalue weighted by Crippen LogP contribution is -2.39. The molecule has 1 saturated heterocycles. The number of thioether (sulfide) groups is 1.